The smallest absolute Gasteiger partial charge is 0.340 e. The van der Waals surface area contributed by atoms with E-state index in [1.54, 1.807) is 12.1 Å². The number of hydrogen-bond acceptors (Lipinski definition) is 8. The summed E-state index contributed by atoms with van der Waals surface area (Å²) < 4.78 is 39.4. The zero-order valence-corrected chi connectivity index (χ0v) is 19.7. The highest BCUT2D eigenvalue weighted by Gasteiger charge is 2.54. The molecule has 13 heteroatoms. The van der Waals surface area contributed by atoms with Gasteiger partial charge < -0.3 is 18.8 Å². The maximum absolute atomic E-state index is 13.6. The van der Waals surface area contributed by atoms with Crippen LogP contribution in [0.1, 0.15) is 19.4 Å². The number of anilines is 1. The summed E-state index contributed by atoms with van der Waals surface area (Å²) in [6.45, 7) is 2.31. The molecule has 2 aromatic heterocycles. The summed E-state index contributed by atoms with van der Waals surface area (Å²) in [7, 11) is -1.64. The number of carboxylic acid groups (broad SMARTS) is 1. The third-order valence-corrected chi connectivity index (χ3v) is 7.66. The third-order valence-electron chi connectivity index (χ3n) is 5.62. The number of carbonyl (C=O) groups is 2. The summed E-state index contributed by atoms with van der Waals surface area (Å²) in [5, 5.41) is 9.40. The van der Waals surface area contributed by atoms with Gasteiger partial charge in [0.05, 0.1) is 13.3 Å². The van der Waals surface area contributed by atoms with Crippen molar-refractivity contribution in [1.82, 2.24) is 18.8 Å². The number of carboxylic acids is 1. The lowest BCUT2D eigenvalue weighted by Gasteiger charge is -2.40. The van der Waals surface area contributed by atoms with Gasteiger partial charge in [0, 0.05) is 13.6 Å². The minimum Gasteiger partial charge on any atom is -0.496 e. The molecule has 0 saturated carbocycles. The van der Waals surface area contributed by atoms with Gasteiger partial charge in [0.15, 0.2) is 17.2 Å². The number of aliphatic carboxylic acids is 1. The van der Waals surface area contributed by atoms with E-state index in [1.165, 1.54) is 31.2 Å². The summed E-state index contributed by atoms with van der Waals surface area (Å²) in [5.74, 6) is -0.887. The molecule has 4 rings (SSSR count). The van der Waals surface area contributed by atoms with Crippen molar-refractivity contribution < 1.29 is 32.3 Å². The fraction of sp³-hybridized carbons (Fsp3) is 0.333. The Morgan fingerprint density at radius 2 is 1.97 bits per heavy atom. The summed E-state index contributed by atoms with van der Waals surface area (Å²) in [6, 6.07) is 6.18. The Labute approximate surface area is 195 Å². The van der Waals surface area contributed by atoms with Gasteiger partial charge in [0.2, 0.25) is 5.03 Å². The standard InChI is InChI=1S/C21H23N5O7S/c1-21(2,19(27)28)26-20(29)25(11-9-13-7-5-6-8-14(13)32-4)16-18(34(26,30)31)24(3)15(23-16)17-22-10-12-33-17/h5-8,10,12H,9,11H2,1-4H3,(H,27,28). The number of rotatable bonds is 7. The van der Waals surface area contributed by atoms with Crippen LogP contribution in [-0.4, -0.2) is 63.6 Å². The zero-order chi connectivity index (χ0) is 24.8. The van der Waals surface area contributed by atoms with Gasteiger partial charge in [-0.2, -0.15) is 12.7 Å². The molecule has 0 saturated heterocycles. The van der Waals surface area contributed by atoms with Gasteiger partial charge in [-0.1, -0.05) is 18.2 Å². The molecule has 0 atom stereocenters. The van der Waals surface area contributed by atoms with Gasteiger partial charge in [-0.3, -0.25) is 4.90 Å². The fourth-order valence-corrected chi connectivity index (χ4v) is 5.79. The number of hydrogen-bond donors (Lipinski definition) is 1. The Morgan fingerprint density at radius 1 is 1.26 bits per heavy atom. The summed E-state index contributed by atoms with van der Waals surface area (Å²) >= 11 is 0. The van der Waals surface area contributed by atoms with Crippen molar-refractivity contribution in [2.75, 3.05) is 18.6 Å². The summed E-state index contributed by atoms with van der Waals surface area (Å²) in [6.07, 6.45) is 2.98. The van der Waals surface area contributed by atoms with E-state index in [9.17, 15) is 23.1 Å². The third kappa shape index (κ3) is 3.48. The number of sulfonamides is 1. The molecular weight excluding hydrogens is 466 g/mol. The Balaban J connectivity index is 1.88. The molecule has 34 heavy (non-hydrogen) atoms. The van der Waals surface area contributed by atoms with E-state index in [1.807, 2.05) is 12.1 Å². The number of carbonyl (C=O) groups excluding carboxylic acids is 1. The van der Waals surface area contributed by atoms with Gasteiger partial charge in [0.1, 0.15) is 12.0 Å². The van der Waals surface area contributed by atoms with Crippen molar-refractivity contribution in [3.05, 3.63) is 42.3 Å². The molecule has 3 aromatic rings. The van der Waals surface area contributed by atoms with E-state index < -0.39 is 27.6 Å². The van der Waals surface area contributed by atoms with Crippen molar-refractivity contribution in [1.29, 1.82) is 0 Å². The number of nitrogens with zero attached hydrogens (tertiary/aromatic N) is 5. The first-order valence-corrected chi connectivity index (χ1v) is 11.6. The monoisotopic (exact) mass is 489 g/mol. The number of oxazole rings is 1. The molecule has 12 nitrogen and oxygen atoms in total. The molecule has 0 spiro atoms. The first-order valence-electron chi connectivity index (χ1n) is 10.2. The minimum absolute atomic E-state index is 0.00988. The first kappa shape index (κ1) is 23.3. The van der Waals surface area contributed by atoms with Gasteiger partial charge >= 0.3 is 12.0 Å². The molecule has 3 heterocycles. The van der Waals surface area contributed by atoms with Crippen LogP contribution in [0.2, 0.25) is 0 Å². The van der Waals surface area contributed by atoms with Crippen LogP contribution in [0.15, 0.2) is 46.2 Å². The van der Waals surface area contributed by atoms with Crippen LogP contribution in [-0.2, 0) is 28.3 Å². The second-order valence-electron chi connectivity index (χ2n) is 8.09. The number of urea groups is 1. The van der Waals surface area contributed by atoms with Crippen LogP contribution in [0, 0.1) is 0 Å². The largest absolute Gasteiger partial charge is 0.496 e. The molecule has 0 unspecified atom stereocenters. The number of amides is 2. The predicted octanol–water partition coefficient (Wildman–Crippen LogP) is 2.12. The Bertz CT molecular complexity index is 1360. The molecule has 2 amide bonds. The van der Waals surface area contributed by atoms with E-state index in [-0.39, 0.29) is 29.1 Å². The van der Waals surface area contributed by atoms with E-state index in [0.717, 1.165) is 24.3 Å². The first-order chi connectivity index (χ1) is 16.0. The Kier molecular flexibility index (Phi) is 5.59. The van der Waals surface area contributed by atoms with Crippen molar-refractivity contribution >= 4 is 27.8 Å². The molecule has 1 N–H and O–H groups in total. The molecule has 180 valence electrons. The molecule has 0 fully saturated rings. The highest BCUT2D eigenvalue weighted by atomic mass is 32.2. The van der Waals surface area contributed by atoms with Gasteiger partial charge in [-0.05, 0) is 31.9 Å². The number of ether oxygens (including phenoxy) is 1. The van der Waals surface area contributed by atoms with Crippen molar-refractivity contribution in [2.45, 2.75) is 30.8 Å². The van der Waals surface area contributed by atoms with E-state index in [4.69, 9.17) is 9.15 Å². The lowest BCUT2D eigenvalue weighted by atomic mass is 10.1. The highest BCUT2D eigenvalue weighted by molar-refractivity contribution is 7.90. The molecular formula is C21H23N5O7S. The number of para-hydroxylation sites is 1. The van der Waals surface area contributed by atoms with E-state index >= 15 is 0 Å². The van der Waals surface area contributed by atoms with Gasteiger partial charge in [-0.25, -0.2) is 19.6 Å². The van der Waals surface area contributed by atoms with Crippen LogP contribution in [0.3, 0.4) is 0 Å². The highest BCUT2D eigenvalue weighted by Crippen LogP contribution is 2.40. The summed E-state index contributed by atoms with van der Waals surface area (Å²) in [5.41, 5.74) is -1.29. The van der Waals surface area contributed by atoms with Crippen molar-refractivity contribution in [3.63, 3.8) is 0 Å². The SMILES string of the molecule is COc1ccccc1CCN1C(=O)N(C(C)(C)C(=O)O)S(=O)(=O)c2c1nc(-c1ncco1)n2C. The van der Waals surface area contributed by atoms with E-state index in [0.29, 0.717) is 16.5 Å². The van der Waals surface area contributed by atoms with Crippen LogP contribution in [0.5, 0.6) is 5.75 Å². The average Bonchev–Trinajstić information content (AvgIpc) is 3.41. The molecule has 0 bridgehead atoms. The second kappa shape index (κ2) is 8.17. The molecule has 1 aliphatic heterocycles. The lowest BCUT2D eigenvalue weighted by Crippen LogP contribution is -2.62. The number of aromatic nitrogens is 3. The van der Waals surface area contributed by atoms with Crippen LogP contribution < -0.4 is 9.64 Å². The number of benzene rings is 1. The second-order valence-corrected chi connectivity index (χ2v) is 9.79. The van der Waals surface area contributed by atoms with Crippen molar-refractivity contribution in [3.8, 4) is 17.5 Å². The minimum atomic E-state index is -4.60. The number of imidazole rings is 1. The summed E-state index contributed by atoms with van der Waals surface area (Å²) in [4.78, 5) is 35.0. The van der Waals surface area contributed by atoms with Crippen LogP contribution >= 0.6 is 0 Å². The van der Waals surface area contributed by atoms with Crippen molar-refractivity contribution in [2.24, 2.45) is 7.05 Å². The number of methoxy groups -OCH3 is 1. The molecule has 0 radical (unpaired) electrons. The average molecular weight is 490 g/mol. The Hall–Kier alpha value is -3.87. The van der Waals surface area contributed by atoms with Crippen LogP contribution in [0.25, 0.3) is 11.7 Å². The fourth-order valence-electron chi connectivity index (χ4n) is 3.82. The maximum Gasteiger partial charge on any atom is 0.340 e. The topological polar surface area (TPSA) is 148 Å². The van der Waals surface area contributed by atoms with Crippen LogP contribution in [0.4, 0.5) is 10.6 Å². The maximum atomic E-state index is 13.6. The predicted molar refractivity (Wildman–Crippen MR) is 119 cm³/mol. The number of fused-ring (bicyclic) bond motifs is 1. The normalized spacial score (nSPS) is 15.4. The molecule has 1 aromatic carbocycles. The molecule has 0 aliphatic carbocycles. The lowest BCUT2D eigenvalue weighted by molar-refractivity contribution is -0.145. The zero-order valence-electron chi connectivity index (χ0n) is 18.9. The molecule has 1 aliphatic rings. The van der Waals surface area contributed by atoms with Gasteiger partial charge in [-0.15, -0.1) is 0 Å². The quantitative estimate of drug-likeness (QED) is 0.527. The van der Waals surface area contributed by atoms with Gasteiger partial charge in [0.25, 0.3) is 15.9 Å². The van der Waals surface area contributed by atoms with E-state index in [2.05, 4.69) is 9.97 Å². The Morgan fingerprint density at radius 3 is 2.59 bits per heavy atom.